The Balaban J connectivity index is 1.97. The van der Waals surface area contributed by atoms with E-state index in [1.807, 2.05) is 0 Å². The molecule has 1 heteroatoms. The van der Waals surface area contributed by atoms with Gasteiger partial charge in [0.15, 0.2) is 0 Å². The molecule has 0 aliphatic heterocycles. The molecule has 14 heavy (non-hydrogen) atoms. The summed E-state index contributed by atoms with van der Waals surface area (Å²) in [5.41, 5.74) is 0.103. The Morgan fingerprint density at radius 1 is 1.14 bits per heavy atom. The van der Waals surface area contributed by atoms with Gasteiger partial charge in [0.25, 0.3) is 0 Å². The molecule has 2 aliphatic rings. The third kappa shape index (κ3) is 1.67. The summed E-state index contributed by atoms with van der Waals surface area (Å²) in [5, 5.41) is 9.33. The van der Waals surface area contributed by atoms with Gasteiger partial charge >= 0.3 is 0 Å². The Hall–Kier alpha value is -0.510. The molecule has 2 saturated carbocycles. The van der Waals surface area contributed by atoms with Gasteiger partial charge in [0.1, 0.15) is 0 Å². The SMILES string of the molecule is CC(C)C1CCC(C#N)(C2CC2)CC1. The van der Waals surface area contributed by atoms with Crippen molar-refractivity contribution in [2.75, 3.05) is 0 Å². The zero-order chi connectivity index (χ0) is 10.2. The minimum atomic E-state index is 0.103. The fourth-order valence-electron chi connectivity index (χ4n) is 3.07. The summed E-state index contributed by atoms with van der Waals surface area (Å²) in [6.45, 7) is 4.64. The van der Waals surface area contributed by atoms with E-state index in [0.29, 0.717) is 0 Å². The van der Waals surface area contributed by atoms with Gasteiger partial charge in [0.05, 0.1) is 11.5 Å². The average molecular weight is 191 g/mol. The van der Waals surface area contributed by atoms with E-state index in [0.717, 1.165) is 17.8 Å². The zero-order valence-electron chi connectivity index (χ0n) is 9.42. The largest absolute Gasteiger partial charge is 0.198 e. The first-order chi connectivity index (χ1) is 6.68. The summed E-state index contributed by atoms with van der Waals surface area (Å²) >= 11 is 0. The quantitative estimate of drug-likeness (QED) is 0.652. The van der Waals surface area contributed by atoms with Crippen LogP contribution in [0.1, 0.15) is 52.4 Å². The van der Waals surface area contributed by atoms with E-state index < -0.39 is 0 Å². The van der Waals surface area contributed by atoms with Crippen molar-refractivity contribution < 1.29 is 0 Å². The number of rotatable bonds is 2. The molecule has 2 rings (SSSR count). The van der Waals surface area contributed by atoms with Crippen LogP contribution >= 0.6 is 0 Å². The van der Waals surface area contributed by atoms with E-state index in [1.165, 1.54) is 38.5 Å². The molecule has 0 N–H and O–H groups in total. The second-order valence-corrected chi connectivity index (χ2v) is 5.62. The van der Waals surface area contributed by atoms with Gasteiger partial charge in [-0.25, -0.2) is 0 Å². The van der Waals surface area contributed by atoms with Crippen LogP contribution in [0, 0.1) is 34.5 Å². The molecule has 0 aromatic rings. The van der Waals surface area contributed by atoms with Crippen LogP contribution in [0.2, 0.25) is 0 Å². The van der Waals surface area contributed by atoms with E-state index in [9.17, 15) is 5.26 Å². The fraction of sp³-hybridized carbons (Fsp3) is 0.923. The molecule has 0 radical (unpaired) electrons. The first-order valence-corrected chi connectivity index (χ1v) is 6.09. The van der Waals surface area contributed by atoms with E-state index in [-0.39, 0.29) is 5.41 Å². The van der Waals surface area contributed by atoms with Crippen molar-refractivity contribution in [3.8, 4) is 6.07 Å². The van der Waals surface area contributed by atoms with Crippen molar-refractivity contribution in [3.63, 3.8) is 0 Å². The third-order valence-electron chi connectivity index (χ3n) is 4.45. The van der Waals surface area contributed by atoms with E-state index in [1.54, 1.807) is 0 Å². The highest BCUT2D eigenvalue weighted by atomic mass is 14.5. The summed E-state index contributed by atoms with van der Waals surface area (Å²) in [4.78, 5) is 0. The lowest BCUT2D eigenvalue weighted by Gasteiger charge is -2.36. The Labute approximate surface area is 87.5 Å². The maximum Gasteiger partial charge on any atom is 0.0692 e. The van der Waals surface area contributed by atoms with Crippen LogP contribution in [0.5, 0.6) is 0 Å². The highest BCUT2D eigenvalue weighted by Crippen LogP contribution is 2.54. The highest BCUT2D eigenvalue weighted by molar-refractivity contribution is 5.09. The van der Waals surface area contributed by atoms with Crippen LogP contribution in [0.3, 0.4) is 0 Å². The van der Waals surface area contributed by atoms with E-state index in [4.69, 9.17) is 0 Å². The Morgan fingerprint density at radius 3 is 2.07 bits per heavy atom. The number of hydrogen-bond donors (Lipinski definition) is 0. The fourth-order valence-corrected chi connectivity index (χ4v) is 3.07. The lowest BCUT2D eigenvalue weighted by molar-refractivity contribution is 0.155. The van der Waals surface area contributed by atoms with Gasteiger partial charge in [-0.3, -0.25) is 0 Å². The molecule has 1 nitrogen and oxygen atoms in total. The van der Waals surface area contributed by atoms with Crippen molar-refractivity contribution in [1.82, 2.24) is 0 Å². The van der Waals surface area contributed by atoms with E-state index >= 15 is 0 Å². The van der Waals surface area contributed by atoms with Crippen LogP contribution in [-0.2, 0) is 0 Å². The lowest BCUT2D eigenvalue weighted by Crippen LogP contribution is -2.29. The second kappa shape index (κ2) is 3.57. The van der Waals surface area contributed by atoms with Gasteiger partial charge in [-0.05, 0) is 56.3 Å². The van der Waals surface area contributed by atoms with Gasteiger partial charge in [0.2, 0.25) is 0 Å². The molecule has 0 saturated heterocycles. The van der Waals surface area contributed by atoms with Gasteiger partial charge in [-0.2, -0.15) is 5.26 Å². The predicted molar refractivity (Wildman–Crippen MR) is 57.6 cm³/mol. The molecule has 0 atom stereocenters. The van der Waals surface area contributed by atoms with Crippen LogP contribution in [0.4, 0.5) is 0 Å². The average Bonchev–Trinajstić information content (AvgIpc) is 3.01. The molecule has 0 heterocycles. The summed E-state index contributed by atoms with van der Waals surface area (Å²) in [6, 6.07) is 2.64. The Kier molecular flexibility index (Phi) is 2.56. The molecular formula is C13H21N. The third-order valence-corrected chi connectivity index (χ3v) is 4.45. The Morgan fingerprint density at radius 2 is 1.71 bits per heavy atom. The molecule has 0 aromatic heterocycles. The summed E-state index contributed by atoms with van der Waals surface area (Å²) < 4.78 is 0. The van der Waals surface area contributed by atoms with Gasteiger partial charge in [0, 0.05) is 0 Å². The highest BCUT2D eigenvalue weighted by Gasteiger charge is 2.47. The van der Waals surface area contributed by atoms with Crippen LogP contribution in [0.25, 0.3) is 0 Å². The molecule has 2 aliphatic carbocycles. The lowest BCUT2D eigenvalue weighted by atomic mass is 9.66. The van der Waals surface area contributed by atoms with Crippen LogP contribution < -0.4 is 0 Å². The zero-order valence-corrected chi connectivity index (χ0v) is 9.42. The van der Waals surface area contributed by atoms with Crippen molar-refractivity contribution >= 4 is 0 Å². The number of hydrogen-bond acceptors (Lipinski definition) is 1. The maximum atomic E-state index is 9.33. The topological polar surface area (TPSA) is 23.8 Å². The minimum Gasteiger partial charge on any atom is -0.198 e. The molecule has 0 bridgehead atoms. The molecule has 0 spiro atoms. The van der Waals surface area contributed by atoms with Crippen molar-refractivity contribution in [2.45, 2.75) is 52.4 Å². The number of nitrogens with zero attached hydrogens (tertiary/aromatic N) is 1. The smallest absolute Gasteiger partial charge is 0.0692 e. The van der Waals surface area contributed by atoms with Crippen molar-refractivity contribution in [1.29, 1.82) is 5.26 Å². The first-order valence-electron chi connectivity index (χ1n) is 6.09. The molecular weight excluding hydrogens is 170 g/mol. The van der Waals surface area contributed by atoms with E-state index in [2.05, 4.69) is 19.9 Å². The van der Waals surface area contributed by atoms with Crippen LogP contribution in [0.15, 0.2) is 0 Å². The summed E-state index contributed by atoms with van der Waals surface area (Å²) in [5.74, 6) is 2.46. The molecule has 2 fully saturated rings. The summed E-state index contributed by atoms with van der Waals surface area (Å²) in [7, 11) is 0. The maximum absolute atomic E-state index is 9.33. The van der Waals surface area contributed by atoms with Gasteiger partial charge < -0.3 is 0 Å². The molecule has 0 unspecified atom stereocenters. The standard InChI is InChI=1S/C13H21N/c1-10(2)11-5-7-13(9-14,8-6-11)12-3-4-12/h10-12H,3-8H2,1-2H3. The Bertz CT molecular complexity index is 236. The molecule has 0 amide bonds. The van der Waals surface area contributed by atoms with Crippen molar-refractivity contribution in [3.05, 3.63) is 0 Å². The normalized spacial score (nSPS) is 38.3. The van der Waals surface area contributed by atoms with Crippen LogP contribution in [-0.4, -0.2) is 0 Å². The summed E-state index contributed by atoms with van der Waals surface area (Å²) in [6.07, 6.45) is 7.58. The van der Waals surface area contributed by atoms with Gasteiger partial charge in [-0.15, -0.1) is 0 Å². The monoisotopic (exact) mass is 191 g/mol. The minimum absolute atomic E-state index is 0.103. The second-order valence-electron chi connectivity index (χ2n) is 5.62. The number of nitriles is 1. The predicted octanol–water partition coefficient (Wildman–Crippen LogP) is 3.75. The molecule has 78 valence electrons. The first kappa shape index (κ1) is 10.0. The molecule has 0 aromatic carbocycles. The van der Waals surface area contributed by atoms with Gasteiger partial charge in [-0.1, -0.05) is 13.8 Å². The van der Waals surface area contributed by atoms with Crippen molar-refractivity contribution in [2.24, 2.45) is 23.2 Å².